The first-order valence-electron chi connectivity index (χ1n) is 9.34. The highest BCUT2D eigenvalue weighted by Crippen LogP contribution is 2.19. The van der Waals surface area contributed by atoms with Crippen LogP contribution in [0.25, 0.3) is 0 Å². The van der Waals surface area contributed by atoms with Gasteiger partial charge in [0.05, 0.1) is 5.56 Å². The second kappa shape index (κ2) is 8.42. The molecule has 0 spiro atoms. The van der Waals surface area contributed by atoms with E-state index in [0.29, 0.717) is 31.1 Å². The van der Waals surface area contributed by atoms with Crippen molar-refractivity contribution in [3.05, 3.63) is 48.0 Å². The van der Waals surface area contributed by atoms with Crippen LogP contribution in [0.1, 0.15) is 37.6 Å². The topological polar surface area (TPSA) is 96.5 Å². The second-order valence-corrected chi connectivity index (χ2v) is 7.78. The fourth-order valence-corrected chi connectivity index (χ4v) is 2.90. The van der Waals surface area contributed by atoms with Crippen molar-refractivity contribution >= 4 is 23.6 Å². The predicted molar refractivity (Wildman–Crippen MR) is 105 cm³/mol. The normalized spacial score (nSPS) is 16.4. The van der Waals surface area contributed by atoms with E-state index in [4.69, 9.17) is 4.74 Å². The van der Waals surface area contributed by atoms with Crippen molar-refractivity contribution in [1.29, 1.82) is 0 Å². The number of carbonyl (C=O) groups is 2. The maximum Gasteiger partial charge on any atom is 0.410 e. The third kappa shape index (κ3) is 5.63. The van der Waals surface area contributed by atoms with E-state index < -0.39 is 23.4 Å². The number of nitrogens with zero attached hydrogens (tertiary/aromatic N) is 3. The van der Waals surface area contributed by atoms with Gasteiger partial charge in [0, 0.05) is 37.2 Å². The van der Waals surface area contributed by atoms with Crippen molar-refractivity contribution in [2.45, 2.75) is 38.8 Å². The molecule has 2 aromatic rings. The highest BCUT2D eigenvalue weighted by Gasteiger charge is 2.31. The minimum atomic E-state index is -0.662. The van der Waals surface area contributed by atoms with Gasteiger partial charge in [0.15, 0.2) is 0 Å². The molecule has 9 heteroatoms. The van der Waals surface area contributed by atoms with E-state index in [2.05, 4.69) is 20.6 Å². The van der Waals surface area contributed by atoms with Gasteiger partial charge in [0.2, 0.25) is 5.95 Å². The Morgan fingerprint density at radius 3 is 2.62 bits per heavy atom. The molecule has 154 valence electrons. The Hall–Kier alpha value is -3.23. The zero-order chi connectivity index (χ0) is 21.0. The van der Waals surface area contributed by atoms with Gasteiger partial charge in [-0.25, -0.2) is 19.2 Å². The maximum absolute atomic E-state index is 14.4. The molecule has 1 saturated heterocycles. The van der Waals surface area contributed by atoms with Crippen LogP contribution in [0.2, 0.25) is 0 Å². The summed E-state index contributed by atoms with van der Waals surface area (Å²) in [7, 11) is 0. The van der Waals surface area contributed by atoms with Gasteiger partial charge < -0.3 is 20.3 Å². The number of carbonyl (C=O) groups excluding carboxylic acids is 2. The number of aromatic nitrogens is 2. The minimum Gasteiger partial charge on any atom is -0.444 e. The summed E-state index contributed by atoms with van der Waals surface area (Å²) in [5.41, 5.74) is -0.218. The van der Waals surface area contributed by atoms with Crippen molar-refractivity contribution in [1.82, 2.24) is 20.2 Å². The molecular formula is C20H24FN5O3. The molecular weight excluding hydrogens is 377 g/mol. The molecule has 1 fully saturated rings. The monoisotopic (exact) mass is 401 g/mol. The van der Waals surface area contributed by atoms with Crippen LogP contribution in [-0.2, 0) is 4.74 Å². The standard InChI is InChI=1S/C20H24FN5O3/c1-20(2,3)29-19(28)26-10-7-14(12-26)24-17(27)15-6-5-13(11-16(15)21)25-18-22-8-4-9-23-18/h4-6,8-9,11,14H,7,10,12H2,1-3H3,(H,24,27)(H,22,23,25)/t14-/m1/s1. The van der Waals surface area contributed by atoms with Crippen molar-refractivity contribution in [3.8, 4) is 0 Å². The van der Waals surface area contributed by atoms with Crippen molar-refractivity contribution < 1.29 is 18.7 Å². The minimum absolute atomic E-state index is 0.0692. The number of anilines is 2. The number of hydrogen-bond donors (Lipinski definition) is 2. The van der Waals surface area contributed by atoms with E-state index in [1.54, 1.807) is 50.2 Å². The molecule has 0 unspecified atom stereocenters. The smallest absolute Gasteiger partial charge is 0.410 e. The van der Waals surface area contributed by atoms with Gasteiger partial charge in [0.1, 0.15) is 11.4 Å². The number of ether oxygens (including phenoxy) is 1. The summed E-state index contributed by atoms with van der Waals surface area (Å²) in [5.74, 6) is -0.858. The largest absolute Gasteiger partial charge is 0.444 e. The third-order valence-electron chi connectivity index (χ3n) is 4.21. The zero-order valence-corrected chi connectivity index (χ0v) is 16.6. The molecule has 0 saturated carbocycles. The number of amides is 2. The Balaban J connectivity index is 1.58. The van der Waals surface area contributed by atoms with Crippen LogP contribution in [0.15, 0.2) is 36.7 Å². The molecule has 8 nitrogen and oxygen atoms in total. The number of benzene rings is 1. The van der Waals surface area contributed by atoms with Crippen molar-refractivity contribution in [2.24, 2.45) is 0 Å². The molecule has 2 amide bonds. The van der Waals surface area contributed by atoms with Crippen molar-refractivity contribution in [3.63, 3.8) is 0 Å². The lowest BCUT2D eigenvalue weighted by atomic mass is 10.1. The Morgan fingerprint density at radius 1 is 1.24 bits per heavy atom. The average molecular weight is 401 g/mol. The van der Waals surface area contributed by atoms with Crippen LogP contribution in [0.3, 0.4) is 0 Å². The summed E-state index contributed by atoms with van der Waals surface area (Å²) in [4.78, 5) is 34.1. The fraction of sp³-hybridized carbons (Fsp3) is 0.400. The summed E-state index contributed by atoms with van der Waals surface area (Å²) in [6.07, 6.45) is 3.29. The first-order valence-corrected chi connectivity index (χ1v) is 9.34. The Kier molecular flexibility index (Phi) is 5.95. The van der Waals surface area contributed by atoms with Gasteiger partial charge >= 0.3 is 6.09 Å². The van der Waals surface area contributed by atoms with Crippen LogP contribution in [0, 0.1) is 5.82 Å². The summed E-state index contributed by atoms with van der Waals surface area (Å²) in [6, 6.07) is 5.61. The molecule has 1 aromatic heterocycles. The third-order valence-corrected chi connectivity index (χ3v) is 4.21. The molecule has 1 aliphatic heterocycles. The summed E-state index contributed by atoms with van der Waals surface area (Å²) >= 11 is 0. The lowest BCUT2D eigenvalue weighted by molar-refractivity contribution is 0.0290. The predicted octanol–water partition coefficient (Wildman–Crippen LogP) is 3.10. The van der Waals surface area contributed by atoms with E-state index in [-0.39, 0.29) is 11.6 Å². The van der Waals surface area contributed by atoms with E-state index >= 15 is 0 Å². The van der Waals surface area contributed by atoms with E-state index in [0.717, 1.165) is 0 Å². The molecule has 2 N–H and O–H groups in total. The molecule has 2 heterocycles. The highest BCUT2D eigenvalue weighted by atomic mass is 19.1. The van der Waals surface area contributed by atoms with Gasteiger partial charge in [-0.1, -0.05) is 0 Å². The zero-order valence-electron chi connectivity index (χ0n) is 16.6. The molecule has 1 aromatic carbocycles. The van der Waals surface area contributed by atoms with Gasteiger partial charge in [-0.2, -0.15) is 0 Å². The molecule has 3 rings (SSSR count). The molecule has 1 atom stereocenters. The summed E-state index contributed by atoms with van der Waals surface area (Å²) < 4.78 is 19.8. The number of nitrogens with one attached hydrogen (secondary N) is 2. The number of rotatable bonds is 4. The molecule has 29 heavy (non-hydrogen) atoms. The van der Waals surface area contributed by atoms with Crippen molar-refractivity contribution in [2.75, 3.05) is 18.4 Å². The van der Waals surface area contributed by atoms with Crippen LogP contribution in [-0.4, -0.2) is 51.6 Å². The number of hydrogen-bond acceptors (Lipinski definition) is 6. The van der Waals surface area contributed by atoms with Crippen LogP contribution >= 0.6 is 0 Å². The maximum atomic E-state index is 14.4. The molecule has 0 bridgehead atoms. The summed E-state index contributed by atoms with van der Waals surface area (Å²) in [5, 5.41) is 5.65. The highest BCUT2D eigenvalue weighted by molar-refractivity contribution is 5.95. The molecule has 1 aliphatic rings. The fourth-order valence-electron chi connectivity index (χ4n) is 2.90. The first kappa shape index (κ1) is 20.5. The molecule has 0 aliphatic carbocycles. The Labute approximate surface area is 168 Å². The van der Waals surface area contributed by atoms with Gasteiger partial charge in [0.25, 0.3) is 5.91 Å². The van der Waals surface area contributed by atoms with Crippen LogP contribution in [0.4, 0.5) is 20.8 Å². The number of halogens is 1. The molecule has 0 radical (unpaired) electrons. The van der Waals surface area contributed by atoms with Gasteiger partial charge in [-0.3, -0.25) is 4.79 Å². The first-order chi connectivity index (χ1) is 13.7. The van der Waals surface area contributed by atoms with E-state index in [1.807, 2.05) is 0 Å². The van der Waals surface area contributed by atoms with Crippen LogP contribution < -0.4 is 10.6 Å². The lowest BCUT2D eigenvalue weighted by Gasteiger charge is -2.24. The SMILES string of the molecule is CC(C)(C)OC(=O)N1CC[C@@H](NC(=O)c2ccc(Nc3ncccn3)cc2F)C1. The summed E-state index contributed by atoms with van der Waals surface area (Å²) in [6.45, 7) is 6.19. The second-order valence-electron chi connectivity index (χ2n) is 7.78. The van der Waals surface area contributed by atoms with E-state index in [9.17, 15) is 14.0 Å². The number of likely N-dealkylation sites (tertiary alicyclic amines) is 1. The van der Waals surface area contributed by atoms with E-state index in [1.165, 1.54) is 12.1 Å². The lowest BCUT2D eigenvalue weighted by Crippen LogP contribution is -2.40. The van der Waals surface area contributed by atoms with Crippen LogP contribution in [0.5, 0.6) is 0 Å². The average Bonchev–Trinajstić information content (AvgIpc) is 3.10. The quantitative estimate of drug-likeness (QED) is 0.817. The Bertz CT molecular complexity index is 885. The van der Waals surface area contributed by atoms with Gasteiger partial charge in [-0.05, 0) is 51.5 Å². The Morgan fingerprint density at radius 2 is 1.97 bits per heavy atom. The van der Waals surface area contributed by atoms with Gasteiger partial charge in [-0.15, -0.1) is 0 Å².